The van der Waals surface area contributed by atoms with Crippen LogP contribution in [0.25, 0.3) is 0 Å². The van der Waals surface area contributed by atoms with Crippen molar-refractivity contribution in [2.24, 2.45) is 0 Å². The van der Waals surface area contributed by atoms with E-state index in [1.165, 1.54) is 0 Å². The summed E-state index contributed by atoms with van der Waals surface area (Å²) < 4.78 is 0. The molecule has 0 aliphatic rings. The standard InChI is InChI=1S/C9H18BrNO/c1-9(2,3)11-8(12)6-4-5-7-10/h4-7H2,1-3H3,(H,11,12). The molecule has 0 unspecified atom stereocenters. The van der Waals surface area contributed by atoms with Crippen LogP contribution in [0.5, 0.6) is 0 Å². The van der Waals surface area contributed by atoms with Gasteiger partial charge in [-0.2, -0.15) is 0 Å². The number of halogens is 1. The number of carbonyl (C=O) groups excluding carboxylic acids is 1. The Morgan fingerprint density at radius 1 is 1.33 bits per heavy atom. The Balaban J connectivity index is 3.47. The summed E-state index contributed by atoms with van der Waals surface area (Å²) in [4.78, 5) is 11.2. The lowest BCUT2D eigenvalue weighted by Crippen LogP contribution is -2.40. The van der Waals surface area contributed by atoms with Gasteiger partial charge in [0, 0.05) is 17.3 Å². The van der Waals surface area contributed by atoms with Gasteiger partial charge in [0.25, 0.3) is 0 Å². The minimum absolute atomic E-state index is 0.0918. The van der Waals surface area contributed by atoms with Crippen LogP contribution in [0.2, 0.25) is 0 Å². The zero-order valence-corrected chi connectivity index (χ0v) is 9.70. The van der Waals surface area contributed by atoms with Gasteiger partial charge in [0.05, 0.1) is 0 Å². The summed E-state index contributed by atoms with van der Waals surface area (Å²) in [7, 11) is 0. The summed E-state index contributed by atoms with van der Waals surface area (Å²) in [5.41, 5.74) is -0.0918. The first kappa shape index (κ1) is 11.9. The number of nitrogens with one attached hydrogen (secondary N) is 1. The Morgan fingerprint density at radius 3 is 2.33 bits per heavy atom. The topological polar surface area (TPSA) is 29.1 Å². The van der Waals surface area contributed by atoms with E-state index in [1.807, 2.05) is 20.8 Å². The molecule has 0 heterocycles. The van der Waals surface area contributed by atoms with Crippen molar-refractivity contribution in [1.29, 1.82) is 0 Å². The van der Waals surface area contributed by atoms with Crippen LogP contribution < -0.4 is 5.32 Å². The minimum Gasteiger partial charge on any atom is -0.352 e. The van der Waals surface area contributed by atoms with E-state index in [-0.39, 0.29) is 11.4 Å². The third kappa shape index (κ3) is 8.05. The van der Waals surface area contributed by atoms with Crippen LogP contribution in [0, 0.1) is 0 Å². The Kier molecular flexibility index (Phi) is 5.55. The van der Waals surface area contributed by atoms with Crippen LogP contribution >= 0.6 is 15.9 Å². The molecule has 0 aromatic heterocycles. The van der Waals surface area contributed by atoms with Crippen molar-refractivity contribution in [2.75, 3.05) is 5.33 Å². The van der Waals surface area contributed by atoms with Gasteiger partial charge in [-0.15, -0.1) is 0 Å². The van der Waals surface area contributed by atoms with Crippen molar-refractivity contribution in [3.05, 3.63) is 0 Å². The first-order chi connectivity index (χ1) is 5.45. The van der Waals surface area contributed by atoms with Gasteiger partial charge in [0.2, 0.25) is 5.91 Å². The van der Waals surface area contributed by atoms with Gasteiger partial charge in [-0.05, 0) is 33.6 Å². The monoisotopic (exact) mass is 235 g/mol. The maximum absolute atomic E-state index is 11.2. The van der Waals surface area contributed by atoms with Gasteiger partial charge in [-0.25, -0.2) is 0 Å². The van der Waals surface area contributed by atoms with Crippen LogP contribution in [0.15, 0.2) is 0 Å². The van der Waals surface area contributed by atoms with E-state index in [0.717, 1.165) is 18.2 Å². The highest BCUT2D eigenvalue weighted by Crippen LogP contribution is 2.02. The van der Waals surface area contributed by atoms with Crippen LogP contribution in [-0.4, -0.2) is 16.8 Å². The van der Waals surface area contributed by atoms with Crippen molar-refractivity contribution < 1.29 is 4.79 Å². The largest absolute Gasteiger partial charge is 0.352 e. The zero-order valence-electron chi connectivity index (χ0n) is 8.11. The summed E-state index contributed by atoms with van der Waals surface area (Å²) in [6, 6.07) is 0. The zero-order chi connectivity index (χ0) is 9.61. The van der Waals surface area contributed by atoms with E-state index >= 15 is 0 Å². The lowest BCUT2D eigenvalue weighted by Gasteiger charge is -2.20. The highest BCUT2D eigenvalue weighted by atomic mass is 79.9. The minimum atomic E-state index is -0.0918. The van der Waals surface area contributed by atoms with Crippen LogP contribution in [0.4, 0.5) is 0 Å². The second kappa shape index (κ2) is 5.57. The molecule has 0 aliphatic carbocycles. The SMILES string of the molecule is CC(C)(C)NC(=O)CCCCBr. The molecular formula is C9H18BrNO. The van der Waals surface area contributed by atoms with Gasteiger partial charge in [0.15, 0.2) is 0 Å². The van der Waals surface area contributed by atoms with E-state index in [1.54, 1.807) is 0 Å². The van der Waals surface area contributed by atoms with E-state index in [4.69, 9.17) is 0 Å². The molecule has 0 saturated heterocycles. The number of unbranched alkanes of at least 4 members (excludes halogenated alkanes) is 1. The smallest absolute Gasteiger partial charge is 0.220 e. The van der Waals surface area contributed by atoms with Crippen LogP contribution in [0.1, 0.15) is 40.0 Å². The maximum atomic E-state index is 11.2. The number of rotatable bonds is 4. The molecule has 0 aromatic carbocycles. The predicted molar refractivity (Wildman–Crippen MR) is 55.5 cm³/mol. The van der Waals surface area contributed by atoms with E-state index in [9.17, 15) is 4.79 Å². The van der Waals surface area contributed by atoms with E-state index in [0.29, 0.717) is 6.42 Å². The number of hydrogen-bond acceptors (Lipinski definition) is 1. The third-order valence-electron chi connectivity index (χ3n) is 1.30. The van der Waals surface area contributed by atoms with Gasteiger partial charge in [-0.3, -0.25) is 4.79 Å². The average molecular weight is 236 g/mol. The van der Waals surface area contributed by atoms with E-state index in [2.05, 4.69) is 21.2 Å². The van der Waals surface area contributed by atoms with Gasteiger partial charge < -0.3 is 5.32 Å². The fraction of sp³-hybridized carbons (Fsp3) is 0.889. The summed E-state index contributed by atoms with van der Waals surface area (Å²) >= 11 is 3.33. The molecule has 0 rings (SSSR count). The molecule has 0 fully saturated rings. The fourth-order valence-electron chi connectivity index (χ4n) is 0.861. The van der Waals surface area contributed by atoms with Crippen molar-refractivity contribution in [3.63, 3.8) is 0 Å². The Morgan fingerprint density at radius 2 is 1.92 bits per heavy atom. The van der Waals surface area contributed by atoms with Gasteiger partial charge in [-0.1, -0.05) is 15.9 Å². The normalized spacial score (nSPS) is 11.3. The Labute approximate surface area is 83.2 Å². The highest BCUT2D eigenvalue weighted by Gasteiger charge is 2.12. The van der Waals surface area contributed by atoms with Crippen molar-refractivity contribution in [3.8, 4) is 0 Å². The predicted octanol–water partition coefficient (Wildman–Crippen LogP) is 2.47. The lowest BCUT2D eigenvalue weighted by atomic mass is 10.1. The Hall–Kier alpha value is -0.0500. The molecule has 1 amide bonds. The average Bonchev–Trinajstić information content (AvgIpc) is 1.84. The third-order valence-corrected chi connectivity index (χ3v) is 1.86. The second-order valence-electron chi connectivity index (χ2n) is 3.94. The molecular weight excluding hydrogens is 218 g/mol. The quantitative estimate of drug-likeness (QED) is 0.589. The van der Waals surface area contributed by atoms with Gasteiger partial charge >= 0.3 is 0 Å². The number of alkyl halides is 1. The number of carbonyl (C=O) groups is 1. The molecule has 12 heavy (non-hydrogen) atoms. The number of hydrogen-bond donors (Lipinski definition) is 1. The molecule has 0 aliphatic heterocycles. The molecule has 3 heteroatoms. The first-order valence-electron chi connectivity index (χ1n) is 4.32. The summed E-state index contributed by atoms with van der Waals surface area (Å²) in [6.45, 7) is 5.99. The molecule has 1 N–H and O–H groups in total. The van der Waals surface area contributed by atoms with Gasteiger partial charge in [0.1, 0.15) is 0 Å². The van der Waals surface area contributed by atoms with Crippen molar-refractivity contribution in [1.82, 2.24) is 5.32 Å². The molecule has 0 bridgehead atoms. The van der Waals surface area contributed by atoms with E-state index < -0.39 is 0 Å². The van der Waals surface area contributed by atoms with Crippen LogP contribution in [0.3, 0.4) is 0 Å². The highest BCUT2D eigenvalue weighted by molar-refractivity contribution is 9.09. The molecule has 0 saturated carbocycles. The molecule has 0 radical (unpaired) electrons. The lowest BCUT2D eigenvalue weighted by molar-refractivity contribution is -0.122. The number of amides is 1. The summed E-state index contributed by atoms with van der Waals surface area (Å²) in [5.74, 6) is 0.156. The van der Waals surface area contributed by atoms with Crippen molar-refractivity contribution >= 4 is 21.8 Å². The molecule has 2 nitrogen and oxygen atoms in total. The maximum Gasteiger partial charge on any atom is 0.220 e. The molecule has 0 atom stereocenters. The van der Waals surface area contributed by atoms with Crippen LogP contribution in [-0.2, 0) is 4.79 Å². The molecule has 0 aromatic rings. The molecule has 72 valence electrons. The second-order valence-corrected chi connectivity index (χ2v) is 4.74. The van der Waals surface area contributed by atoms with Crippen molar-refractivity contribution in [2.45, 2.75) is 45.6 Å². The first-order valence-corrected chi connectivity index (χ1v) is 5.45. The Bertz CT molecular complexity index is 140. The summed E-state index contributed by atoms with van der Waals surface area (Å²) in [6.07, 6.45) is 2.67. The fourth-order valence-corrected chi connectivity index (χ4v) is 1.26. The molecule has 0 spiro atoms. The summed E-state index contributed by atoms with van der Waals surface area (Å²) in [5, 5.41) is 3.91.